The normalized spacial score (nSPS) is 13.9. The summed E-state index contributed by atoms with van der Waals surface area (Å²) < 4.78 is 10.8. The van der Waals surface area contributed by atoms with Crippen LogP contribution in [0.5, 0.6) is 0 Å². The van der Waals surface area contributed by atoms with Crippen LogP contribution in [0.25, 0.3) is 11.3 Å². The first-order chi connectivity index (χ1) is 17.4. The molecule has 2 N–H and O–H groups in total. The van der Waals surface area contributed by atoms with Gasteiger partial charge in [0.25, 0.3) is 0 Å². The van der Waals surface area contributed by atoms with Crippen LogP contribution >= 0.6 is 11.3 Å². The number of nitrogens with zero attached hydrogens (tertiary/aromatic N) is 1. The molecule has 0 saturated carbocycles. The Morgan fingerprint density at radius 2 is 1.50 bits per heavy atom. The molecule has 0 spiro atoms. The second-order valence-electron chi connectivity index (χ2n) is 8.19. The van der Waals surface area contributed by atoms with E-state index in [1.807, 2.05) is 73.8 Å². The highest BCUT2D eigenvalue weighted by molar-refractivity contribution is 7.14. The number of hydrogen-bond acceptors (Lipinski definition) is 8. The predicted molar refractivity (Wildman–Crippen MR) is 142 cm³/mol. The first-order valence-electron chi connectivity index (χ1n) is 11.8. The molecule has 0 saturated heterocycles. The summed E-state index contributed by atoms with van der Waals surface area (Å²) in [5, 5.41) is 9.28. The number of carbonyl (C=O) groups excluding carboxylic acids is 2. The van der Waals surface area contributed by atoms with E-state index in [1.54, 1.807) is 13.8 Å². The zero-order valence-corrected chi connectivity index (χ0v) is 21.6. The highest BCUT2D eigenvalue weighted by atomic mass is 32.1. The van der Waals surface area contributed by atoms with Crippen molar-refractivity contribution in [3.63, 3.8) is 0 Å². The number of para-hydroxylation sites is 1. The smallest absolute Gasteiger partial charge is 0.336 e. The maximum atomic E-state index is 13.1. The van der Waals surface area contributed by atoms with Crippen molar-refractivity contribution in [2.24, 2.45) is 0 Å². The number of benzene rings is 2. The third-order valence-corrected chi connectivity index (χ3v) is 6.60. The van der Waals surface area contributed by atoms with Gasteiger partial charge in [-0.1, -0.05) is 48.5 Å². The van der Waals surface area contributed by atoms with Crippen LogP contribution in [-0.4, -0.2) is 30.1 Å². The lowest BCUT2D eigenvalue weighted by molar-refractivity contribution is -0.139. The summed E-state index contributed by atoms with van der Waals surface area (Å²) in [4.78, 5) is 31.0. The fourth-order valence-corrected chi connectivity index (χ4v) is 5.05. The van der Waals surface area contributed by atoms with Crippen LogP contribution in [0.15, 0.2) is 82.5 Å². The molecule has 0 unspecified atom stereocenters. The first kappa shape index (κ1) is 25.2. The van der Waals surface area contributed by atoms with E-state index in [-0.39, 0.29) is 13.2 Å². The number of ether oxygens (including phenoxy) is 2. The Kier molecular flexibility index (Phi) is 7.85. The number of carbonyl (C=O) groups is 2. The van der Waals surface area contributed by atoms with Gasteiger partial charge in [0.2, 0.25) is 0 Å². The van der Waals surface area contributed by atoms with Crippen molar-refractivity contribution in [1.82, 2.24) is 10.3 Å². The van der Waals surface area contributed by atoms with Crippen LogP contribution in [0, 0.1) is 0 Å². The summed E-state index contributed by atoms with van der Waals surface area (Å²) in [7, 11) is 0. The van der Waals surface area contributed by atoms with Crippen molar-refractivity contribution in [2.75, 3.05) is 18.5 Å². The molecule has 2 heterocycles. The molecule has 7 nitrogen and oxygen atoms in total. The molecule has 3 aromatic rings. The van der Waals surface area contributed by atoms with Gasteiger partial charge in [-0.05, 0) is 39.3 Å². The van der Waals surface area contributed by atoms with Crippen LogP contribution in [0.4, 0.5) is 10.8 Å². The zero-order valence-electron chi connectivity index (χ0n) is 20.8. The van der Waals surface area contributed by atoms with Crippen molar-refractivity contribution in [3.05, 3.63) is 88.1 Å². The van der Waals surface area contributed by atoms with E-state index in [4.69, 9.17) is 14.5 Å². The number of aromatic nitrogens is 1. The topological polar surface area (TPSA) is 89.5 Å². The lowest BCUT2D eigenvalue weighted by Gasteiger charge is -2.31. The maximum absolute atomic E-state index is 13.1. The van der Waals surface area contributed by atoms with Crippen molar-refractivity contribution >= 4 is 34.1 Å². The zero-order chi connectivity index (χ0) is 25.7. The summed E-state index contributed by atoms with van der Waals surface area (Å²) in [6.07, 6.45) is 0. The van der Waals surface area contributed by atoms with E-state index in [2.05, 4.69) is 10.6 Å². The van der Waals surface area contributed by atoms with Crippen molar-refractivity contribution < 1.29 is 19.1 Å². The third kappa shape index (κ3) is 5.18. The Morgan fingerprint density at radius 3 is 2.11 bits per heavy atom. The second kappa shape index (κ2) is 11.2. The van der Waals surface area contributed by atoms with E-state index in [9.17, 15) is 9.59 Å². The van der Waals surface area contributed by atoms with Crippen LogP contribution in [0.3, 0.4) is 0 Å². The summed E-state index contributed by atoms with van der Waals surface area (Å²) >= 11 is 1.48. The van der Waals surface area contributed by atoms with Crippen LogP contribution in [0.2, 0.25) is 0 Å². The van der Waals surface area contributed by atoms with Gasteiger partial charge < -0.3 is 20.1 Å². The van der Waals surface area contributed by atoms with Crippen molar-refractivity contribution in [3.8, 4) is 11.3 Å². The summed E-state index contributed by atoms with van der Waals surface area (Å²) in [6, 6.07) is 17.6. The lowest BCUT2D eigenvalue weighted by Crippen LogP contribution is -2.32. The fourth-order valence-electron chi connectivity index (χ4n) is 4.31. The van der Waals surface area contributed by atoms with E-state index < -0.39 is 17.9 Å². The van der Waals surface area contributed by atoms with Gasteiger partial charge in [-0.2, -0.15) is 0 Å². The Balaban J connectivity index is 1.79. The van der Waals surface area contributed by atoms with Gasteiger partial charge in [-0.15, -0.1) is 11.3 Å². The number of esters is 2. The number of nitrogens with one attached hydrogen (secondary N) is 2. The average Bonchev–Trinajstić information content (AvgIpc) is 3.33. The number of hydrogen-bond donors (Lipinski definition) is 2. The quantitative estimate of drug-likeness (QED) is 0.369. The van der Waals surface area contributed by atoms with E-state index in [0.29, 0.717) is 27.7 Å². The molecule has 0 fully saturated rings. The minimum atomic E-state index is -0.679. The molecule has 1 aromatic heterocycles. The Morgan fingerprint density at radius 1 is 0.917 bits per heavy atom. The Hall–Kier alpha value is -3.91. The number of dihydropyridines is 1. The summed E-state index contributed by atoms with van der Waals surface area (Å²) in [5.41, 5.74) is 5.42. The van der Waals surface area contributed by atoms with Gasteiger partial charge in [0.05, 0.1) is 36.0 Å². The summed E-state index contributed by atoms with van der Waals surface area (Å²) in [5.74, 6) is -1.63. The minimum Gasteiger partial charge on any atom is -0.463 e. The van der Waals surface area contributed by atoms with Crippen molar-refractivity contribution in [1.29, 1.82) is 0 Å². The molecular formula is C28H29N3O4S. The molecule has 2 aromatic carbocycles. The van der Waals surface area contributed by atoms with Crippen molar-refractivity contribution in [2.45, 2.75) is 33.6 Å². The maximum Gasteiger partial charge on any atom is 0.336 e. The monoisotopic (exact) mass is 503 g/mol. The molecular weight excluding hydrogens is 474 g/mol. The second-order valence-corrected chi connectivity index (χ2v) is 9.05. The Bertz CT molecular complexity index is 1290. The molecule has 8 heteroatoms. The third-order valence-electron chi connectivity index (χ3n) is 5.84. The molecule has 0 radical (unpaired) electrons. The fraction of sp³-hybridized carbons (Fsp3) is 0.250. The Labute approximate surface area is 214 Å². The first-order valence-corrected chi connectivity index (χ1v) is 12.7. The number of allylic oxidation sites excluding steroid dienone is 2. The van der Waals surface area contributed by atoms with Crippen LogP contribution in [-0.2, 0) is 19.1 Å². The highest BCUT2D eigenvalue weighted by Crippen LogP contribution is 2.43. The molecule has 0 atom stereocenters. The van der Waals surface area contributed by atoms with E-state index in [0.717, 1.165) is 22.5 Å². The van der Waals surface area contributed by atoms with Gasteiger partial charge in [0.15, 0.2) is 5.13 Å². The van der Waals surface area contributed by atoms with Gasteiger partial charge in [0.1, 0.15) is 0 Å². The average molecular weight is 504 g/mol. The van der Waals surface area contributed by atoms with Gasteiger partial charge in [-0.25, -0.2) is 14.6 Å². The van der Waals surface area contributed by atoms with E-state index >= 15 is 0 Å². The number of rotatable bonds is 8. The summed E-state index contributed by atoms with van der Waals surface area (Å²) in [6.45, 7) is 7.59. The molecule has 36 heavy (non-hydrogen) atoms. The SMILES string of the molecule is CCOC(=O)C1=C(C)NC(C)=C(C(=O)OCC)C1c1ccccc1Nc1nc(-c2ccccc2)cs1. The highest BCUT2D eigenvalue weighted by Gasteiger charge is 2.39. The van der Waals surface area contributed by atoms with Crippen LogP contribution in [0.1, 0.15) is 39.2 Å². The minimum absolute atomic E-state index is 0.223. The molecule has 0 bridgehead atoms. The number of anilines is 2. The molecule has 186 valence electrons. The molecule has 1 aliphatic heterocycles. The molecule has 0 amide bonds. The van der Waals surface area contributed by atoms with E-state index in [1.165, 1.54) is 11.3 Å². The lowest BCUT2D eigenvalue weighted by atomic mass is 9.79. The standard InChI is InChI=1S/C28H29N3O4S/c1-5-34-26(32)23-17(3)29-18(4)24(27(33)35-6-2)25(23)20-14-10-11-15-21(20)30-28-31-22(16-36-28)19-12-8-7-9-13-19/h7-16,25,29H,5-6H2,1-4H3,(H,30,31). The molecule has 1 aliphatic rings. The van der Waals surface area contributed by atoms with Gasteiger partial charge >= 0.3 is 11.9 Å². The van der Waals surface area contributed by atoms with Gasteiger partial charge in [-0.3, -0.25) is 0 Å². The largest absolute Gasteiger partial charge is 0.463 e. The number of thiazole rings is 1. The molecule has 4 rings (SSSR count). The van der Waals surface area contributed by atoms with Gasteiger partial charge in [0, 0.05) is 28.0 Å². The van der Waals surface area contributed by atoms with Crippen LogP contribution < -0.4 is 10.6 Å². The molecule has 0 aliphatic carbocycles. The predicted octanol–water partition coefficient (Wildman–Crippen LogP) is 5.91.